The number of carbonyl (C=O) groups is 1. The maximum atomic E-state index is 12.6. The summed E-state index contributed by atoms with van der Waals surface area (Å²) in [6.07, 6.45) is 1.04. The van der Waals surface area contributed by atoms with E-state index in [1.807, 2.05) is 31.2 Å². The van der Waals surface area contributed by atoms with E-state index in [4.69, 9.17) is 16.3 Å². The highest BCUT2D eigenvalue weighted by atomic mass is 35.5. The Labute approximate surface area is 159 Å². The third-order valence-corrected chi connectivity index (χ3v) is 5.77. The fraction of sp³-hybridized carbons (Fsp3) is 0.381. The molecule has 3 atom stereocenters. The van der Waals surface area contributed by atoms with E-state index in [1.165, 1.54) is 5.56 Å². The molecule has 2 aromatic carbocycles. The zero-order valence-electron chi connectivity index (χ0n) is 14.8. The first-order chi connectivity index (χ1) is 12.6. The van der Waals surface area contributed by atoms with Crippen molar-refractivity contribution >= 4 is 17.5 Å². The summed E-state index contributed by atoms with van der Waals surface area (Å²) < 4.78 is 6.08. The van der Waals surface area contributed by atoms with E-state index in [2.05, 4.69) is 22.3 Å². The zero-order valence-corrected chi connectivity index (χ0v) is 15.6. The summed E-state index contributed by atoms with van der Waals surface area (Å²) in [4.78, 5) is 15.0. The van der Waals surface area contributed by atoms with Gasteiger partial charge in [0.2, 0.25) is 0 Å². The number of fused-ring (bicyclic) bond motifs is 1. The number of carbonyl (C=O) groups excluding carboxylic acids is 1. The standard InChI is InChI=1S/C21H23ClN2O2/c1-14-9-16(7-8-19(14)22)21(25)23-17-10-18-13-26-20(12-24(18)11-17)15-5-3-2-4-6-15/h2-9,17-18,20H,10-13H2,1H3,(H,23,25)/t17-,18-,20+/m0/s1. The number of aryl methyl sites for hydroxylation is 1. The van der Waals surface area contributed by atoms with Crippen molar-refractivity contribution in [1.82, 2.24) is 10.2 Å². The van der Waals surface area contributed by atoms with Gasteiger partial charge < -0.3 is 10.1 Å². The molecule has 0 aromatic heterocycles. The minimum Gasteiger partial charge on any atom is -0.371 e. The Morgan fingerprint density at radius 2 is 2.00 bits per heavy atom. The maximum Gasteiger partial charge on any atom is 0.251 e. The van der Waals surface area contributed by atoms with E-state index in [-0.39, 0.29) is 18.1 Å². The Morgan fingerprint density at radius 3 is 2.77 bits per heavy atom. The Balaban J connectivity index is 1.37. The van der Waals surface area contributed by atoms with Crippen LogP contribution in [0.1, 0.15) is 34.0 Å². The summed E-state index contributed by atoms with van der Waals surface area (Å²) in [5.74, 6) is -0.0323. The van der Waals surface area contributed by atoms with Crippen molar-refractivity contribution in [3.8, 4) is 0 Å². The lowest BCUT2D eigenvalue weighted by Gasteiger charge is -2.35. The second-order valence-electron chi connectivity index (χ2n) is 7.21. The third kappa shape index (κ3) is 3.63. The van der Waals surface area contributed by atoms with E-state index in [9.17, 15) is 4.79 Å². The lowest BCUT2D eigenvalue weighted by Crippen LogP contribution is -2.43. The zero-order chi connectivity index (χ0) is 18.1. The number of nitrogens with zero attached hydrogens (tertiary/aromatic N) is 1. The van der Waals surface area contributed by atoms with E-state index < -0.39 is 0 Å². The monoisotopic (exact) mass is 370 g/mol. The molecular formula is C21H23ClN2O2. The van der Waals surface area contributed by atoms with Crippen LogP contribution in [0, 0.1) is 6.92 Å². The predicted molar refractivity (Wildman–Crippen MR) is 103 cm³/mol. The largest absolute Gasteiger partial charge is 0.371 e. The smallest absolute Gasteiger partial charge is 0.251 e. The van der Waals surface area contributed by atoms with Crippen LogP contribution >= 0.6 is 11.6 Å². The molecule has 0 aliphatic carbocycles. The number of ether oxygens (including phenoxy) is 1. The minimum absolute atomic E-state index is 0.0323. The SMILES string of the molecule is Cc1cc(C(=O)N[C@H]2C[C@H]3CO[C@@H](c4ccccc4)CN3C2)ccc1Cl. The molecule has 2 fully saturated rings. The Morgan fingerprint density at radius 1 is 1.19 bits per heavy atom. The van der Waals surface area contributed by atoms with E-state index in [1.54, 1.807) is 12.1 Å². The second-order valence-corrected chi connectivity index (χ2v) is 7.62. The summed E-state index contributed by atoms with van der Waals surface area (Å²) in [6.45, 7) is 4.37. The maximum absolute atomic E-state index is 12.6. The molecule has 2 aliphatic heterocycles. The van der Waals surface area contributed by atoms with Gasteiger partial charge in [-0.2, -0.15) is 0 Å². The van der Waals surface area contributed by atoms with Crippen LogP contribution < -0.4 is 5.32 Å². The van der Waals surface area contributed by atoms with Crippen LogP contribution in [-0.2, 0) is 4.74 Å². The molecule has 2 aromatic rings. The van der Waals surface area contributed by atoms with Crippen molar-refractivity contribution in [3.05, 3.63) is 70.2 Å². The molecule has 2 heterocycles. The van der Waals surface area contributed by atoms with Crippen LogP contribution in [-0.4, -0.2) is 42.6 Å². The number of morpholine rings is 1. The van der Waals surface area contributed by atoms with Gasteiger partial charge in [0.05, 0.1) is 12.7 Å². The molecule has 0 saturated carbocycles. The predicted octanol–water partition coefficient (Wildman–Crippen LogP) is 3.59. The van der Waals surface area contributed by atoms with Crippen LogP contribution in [0.3, 0.4) is 0 Å². The van der Waals surface area contributed by atoms with Gasteiger partial charge in [-0.05, 0) is 42.7 Å². The van der Waals surface area contributed by atoms with Gasteiger partial charge >= 0.3 is 0 Å². The lowest BCUT2D eigenvalue weighted by atomic mass is 10.1. The Hall–Kier alpha value is -1.88. The van der Waals surface area contributed by atoms with Crippen molar-refractivity contribution in [3.63, 3.8) is 0 Å². The molecule has 136 valence electrons. The highest BCUT2D eigenvalue weighted by Crippen LogP contribution is 2.30. The van der Waals surface area contributed by atoms with Crippen molar-refractivity contribution in [2.45, 2.75) is 31.5 Å². The molecule has 1 N–H and O–H groups in total. The molecule has 2 aliphatic rings. The van der Waals surface area contributed by atoms with Gasteiger partial charge in [0, 0.05) is 35.8 Å². The summed E-state index contributed by atoms with van der Waals surface area (Å²) in [5, 5.41) is 3.86. The van der Waals surface area contributed by atoms with Crippen LogP contribution in [0.25, 0.3) is 0 Å². The summed E-state index contributed by atoms with van der Waals surface area (Å²) in [5.41, 5.74) is 2.80. The second kappa shape index (κ2) is 7.39. The fourth-order valence-electron chi connectivity index (χ4n) is 3.90. The minimum atomic E-state index is -0.0323. The molecule has 0 bridgehead atoms. The highest BCUT2D eigenvalue weighted by Gasteiger charge is 2.38. The number of hydrogen-bond donors (Lipinski definition) is 1. The summed E-state index contributed by atoms with van der Waals surface area (Å²) in [7, 11) is 0. The van der Waals surface area contributed by atoms with Gasteiger partial charge in [-0.1, -0.05) is 41.9 Å². The average Bonchev–Trinajstić information content (AvgIpc) is 3.06. The van der Waals surface area contributed by atoms with E-state index in [0.717, 1.165) is 25.1 Å². The fourth-order valence-corrected chi connectivity index (χ4v) is 4.02. The first-order valence-electron chi connectivity index (χ1n) is 9.08. The van der Waals surface area contributed by atoms with Crippen molar-refractivity contribution in [2.24, 2.45) is 0 Å². The van der Waals surface area contributed by atoms with Gasteiger partial charge in [0.1, 0.15) is 0 Å². The topological polar surface area (TPSA) is 41.6 Å². The van der Waals surface area contributed by atoms with E-state index in [0.29, 0.717) is 23.2 Å². The number of nitrogens with one attached hydrogen (secondary N) is 1. The summed E-state index contributed by atoms with van der Waals surface area (Å²) in [6, 6.07) is 16.3. The highest BCUT2D eigenvalue weighted by molar-refractivity contribution is 6.31. The normalized spacial score (nSPS) is 25.7. The van der Waals surface area contributed by atoms with Crippen molar-refractivity contribution in [2.75, 3.05) is 19.7 Å². The number of amides is 1. The molecule has 0 spiro atoms. The number of rotatable bonds is 3. The molecule has 2 saturated heterocycles. The van der Waals surface area contributed by atoms with E-state index >= 15 is 0 Å². The first kappa shape index (κ1) is 17.5. The number of halogens is 1. The van der Waals surface area contributed by atoms with Gasteiger partial charge in [-0.3, -0.25) is 9.69 Å². The molecule has 4 rings (SSSR count). The molecule has 0 radical (unpaired) electrons. The first-order valence-corrected chi connectivity index (χ1v) is 9.45. The van der Waals surface area contributed by atoms with Crippen LogP contribution in [0.5, 0.6) is 0 Å². The Kier molecular flexibility index (Phi) is 4.98. The van der Waals surface area contributed by atoms with Gasteiger partial charge in [-0.25, -0.2) is 0 Å². The third-order valence-electron chi connectivity index (χ3n) is 5.34. The number of hydrogen-bond acceptors (Lipinski definition) is 3. The van der Waals surface area contributed by atoms with Gasteiger partial charge in [-0.15, -0.1) is 0 Å². The van der Waals surface area contributed by atoms with Crippen molar-refractivity contribution in [1.29, 1.82) is 0 Å². The quantitative estimate of drug-likeness (QED) is 0.897. The van der Waals surface area contributed by atoms with Crippen molar-refractivity contribution < 1.29 is 9.53 Å². The Bertz CT molecular complexity index is 796. The van der Waals surface area contributed by atoms with Crippen LogP contribution in [0.4, 0.5) is 0 Å². The van der Waals surface area contributed by atoms with Crippen LogP contribution in [0.2, 0.25) is 5.02 Å². The molecule has 4 nitrogen and oxygen atoms in total. The van der Waals surface area contributed by atoms with Crippen LogP contribution in [0.15, 0.2) is 48.5 Å². The van der Waals surface area contributed by atoms with Gasteiger partial charge in [0.15, 0.2) is 0 Å². The molecule has 0 unspecified atom stereocenters. The average molecular weight is 371 g/mol. The molecule has 5 heteroatoms. The molecule has 1 amide bonds. The molecular weight excluding hydrogens is 348 g/mol. The summed E-state index contributed by atoms with van der Waals surface area (Å²) >= 11 is 6.05. The molecule has 26 heavy (non-hydrogen) atoms. The lowest BCUT2D eigenvalue weighted by molar-refractivity contribution is -0.0502. The van der Waals surface area contributed by atoms with Gasteiger partial charge in [0.25, 0.3) is 5.91 Å². The number of benzene rings is 2.